The number of anilines is 1. The van der Waals surface area contributed by atoms with Crippen LogP contribution < -0.4 is 10.1 Å². The summed E-state index contributed by atoms with van der Waals surface area (Å²) >= 11 is 5.74. The fourth-order valence-electron chi connectivity index (χ4n) is 2.26. The number of ether oxygens (including phenoxy) is 1. The number of nitro groups is 1. The summed E-state index contributed by atoms with van der Waals surface area (Å²) in [7, 11) is 0. The molecule has 0 aliphatic carbocycles. The predicted molar refractivity (Wildman–Crippen MR) is 89.4 cm³/mol. The molecule has 126 valence electrons. The minimum atomic E-state index is -1.21. The third kappa shape index (κ3) is 3.26. The number of amides is 1. The molecule has 1 heterocycles. The minimum Gasteiger partial charge on any atom is -0.465 e. The van der Waals surface area contributed by atoms with E-state index in [1.165, 1.54) is 12.1 Å². The van der Waals surface area contributed by atoms with Crippen LogP contribution in [0, 0.1) is 10.1 Å². The van der Waals surface area contributed by atoms with Crippen LogP contribution >= 0.6 is 11.6 Å². The summed E-state index contributed by atoms with van der Waals surface area (Å²) < 4.78 is 5.57. The van der Waals surface area contributed by atoms with Gasteiger partial charge in [-0.3, -0.25) is 15.4 Å². The fourth-order valence-corrected chi connectivity index (χ4v) is 2.45. The first kappa shape index (κ1) is 16.4. The summed E-state index contributed by atoms with van der Waals surface area (Å²) in [5, 5.41) is 23.1. The Labute approximate surface area is 145 Å². The lowest BCUT2D eigenvalue weighted by molar-refractivity contribution is -0.386. The molecule has 0 unspecified atom stereocenters. The van der Waals surface area contributed by atoms with Gasteiger partial charge in [0.15, 0.2) is 0 Å². The molecular weight excluding hydrogens is 352 g/mol. The Kier molecular flexibility index (Phi) is 4.31. The fraction of sp³-hybridized carbons (Fsp3) is 0. The van der Waals surface area contributed by atoms with Crippen LogP contribution in [-0.2, 0) is 0 Å². The maximum atomic E-state index is 11.2. The molecule has 3 rings (SSSR count). The molecule has 0 saturated carbocycles. The number of hydrogen-bond acceptors (Lipinski definition) is 6. The van der Waals surface area contributed by atoms with Crippen LogP contribution in [0.4, 0.5) is 16.2 Å². The van der Waals surface area contributed by atoms with Crippen molar-refractivity contribution in [3.8, 4) is 11.6 Å². The maximum absolute atomic E-state index is 11.2. The summed E-state index contributed by atoms with van der Waals surface area (Å²) in [5.74, 6) is -0.0569. The van der Waals surface area contributed by atoms with Crippen LogP contribution in [0.2, 0.25) is 5.15 Å². The Morgan fingerprint density at radius 1 is 1.20 bits per heavy atom. The second kappa shape index (κ2) is 6.57. The van der Waals surface area contributed by atoms with E-state index in [-0.39, 0.29) is 16.8 Å². The predicted octanol–water partition coefficient (Wildman–Crippen LogP) is 4.07. The molecular formula is C15H9ClN4O5. The van der Waals surface area contributed by atoms with Gasteiger partial charge in [0, 0.05) is 10.8 Å². The number of rotatable bonds is 4. The van der Waals surface area contributed by atoms with Crippen molar-refractivity contribution in [2.24, 2.45) is 0 Å². The second-order valence-electron chi connectivity index (χ2n) is 4.76. The number of aromatic nitrogens is 2. The first-order chi connectivity index (χ1) is 12.0. The average molecular weight is 361 g/mol. The quantitative estimate of drug-likeness (QED) is 0.407. The highest BCUT2D eigenvalue weighted by atomic mass is 35.5. The van der Waals surface area contributed by atoms with E-state index in [1.807, 2.05) is 0 Å². The van der Waals surface area contributed by atoms with E-state index in [2.05, 4.69) is 15.3 Å². The van der Waals surface area contributed by atoms with Gasteiger partial charge in [0.2, 0.25) is 5.15 Å². The Balaban J connectivity index is 2.11. The van der Waals surface area contributed by atoms with Crippen molar-refractivity contribution in [3.05, 3.63) is 58.0 Å². The number of fused-ring (bicyclic) bond motifs is 1. The van der Waals surface area contributed by atoms with Gasteiger partial charge in [0.1, 0.15) is 12.1 Å². The van der Waals surface area contributed by atoms with Gasteiger partial charge in [-0.05, 0) is 12.1 Å². The maximum Gasteiger partial charge on any atom is 0.409 e. The van der Waals surface area contributed by atoms with Crippen molar-refractivity contribution < 1.29 is 19.6 Å². The highest BCUT2D eigenvalue weighted by Gasteiger charge is 2.24. The van der Waals surface area contributed by atoms with Crippen molar-refractivity contribution in [1.82, 2.24) is 9.97 Å². The normalized spacial score (nSPS) is 10.4. The summed E-state index contributed by atoms with van der Waals surface area (Å²) in [6, 6.07) is 9.79. The molecule has 25 heavy (non-hydrogen) atoms. The lowest BCUT2D eigenvalue weighted by Crippen LogP contribution is -2.07. The molecule has 0 radical (unpaired) electrons. The van der Waals surface area contributed by atoms with E-state index in [1.54, 1.807) is 24.3 Å². The molecule has 0 atom stereocenters. The van der Waals surface area contributed by atoms with E-state index in [0.29, 0.717) is 16.5 Å². The van der Waals surface area contributed by atoms with Crippen LogP contribution in [0.5, 0.6) is 11.6 Å². The highest BCUT2D eigenvalue weighted by molar-refractivity contribution is 6.31. The average Bonchev–Trinajstić information content (AvgIpc) is 2.56. The van der Waals surface area contributed by atoms with Crippen molar-refractivity contribution >= 4 is 39.8 Å². The summed E-state index contributed by atoms with van der Waals surface area (Å²) in [5.41, 5.74) is -0.202. The van der Waals surface area contributed by atoms with Gasteiger partial charge in [-0.25, -0.2) is 9.78 Å². The number of carbonyl (C=O) groups is 1. The van der Waals surface area contributed by atoms with Crippen molar-refractivity contribution in [2.75, 3.05) is 5.32 Å². The third-order valence-electron chi connectivity index (χ3n) is 3.26. The number of nitrogens with zero attached hydrogens (tertiary/aromatic N) is 3. The van der Waals surface area contributed by atoms with E-state index in [9.17, 15) is 14.9 Å². The second-order valence-corrected chi connectivity index (χ2v) is 5.12. The number of halogens is 1. The van der Waals surface area contributed by atoms with Crippen LogP contribution in [0.15, 0.2) is 42.7 Å². The zero-order valence-corrected chi connectivity index (χ0v) is 13.1. The van der Waals surface area contributed by atoms with Gasteiger partial charge in [0.25, 0.3) is 0 Å². The molecule has 0 fully saturated rings. The van der Waals surface area contributed by atoms with E-state index < -0.39 is 16.7 Å². The highest BCUT2D eigenvalue weighted by Crippen LogP contribution is 2.38. The van der Waals surface area contributed by atoms with Crippen molar-refractivity contribution in [1.29, 1.82) is 0 Å². The molecule has 3 aromatic rings. The molecule has 1 aromatic heterocycles. The molecule has 2 aromatic carbocycles. The number of carboxylic acid groups (broad SMARTS) is 1. The largest absolute Gasteiger partial charge is 0.465 e. The SMILES string of the molecule is O=C(O)Nc1ccc(Oc2ncnc(Cl)c2[N+](=O)[O-])c2ccccc12. The molecule has 10 heteroatoms. The smallest absolute Gasteiger partial charge is 0.409 e. The monoisotopic (exact) mass is 360 g/mol. The molecule has 0 saturated heterocycles. The molecule has 2 N–H and O–H groups in total. The Morgan fingerprint density at radius 3 is 2.60 bits per heavy atom. The van der Waals surface area contributed by atoms with Gasteiger partial charge in [-0.2, -0.15) is 4.98 Å². The topological polar surface area (TPSA) is 127 Å². The van der Waals surface area contributed by atoms with E-state index in [4.69, 9.17) is 21.4 Å². The van der Waals surface area contributed by atoms with E-state index in [0.717, 1.165) is 6.33 Å². The minimum absolute atomic E-state index is 0.254. The first-order valence-corrected chi connectivity index (χ1v) is 7.19. The van der Waals surface area contributed by atoms with Crippen LogP contribution in [0.3, 0.4) is 0 Å². The van der Waals surface area contributed by atoms with Gasteiger partial charge in [-0.15, -0.1) is 0 Å². The Morgan fingerprint density at radius 2 is 1.92 bits per heavy atom. The zero-order chi connectivity index (χ0) is 18.0. The van der Waals surface area contributed by atoms with Gasteiger partial charge in [0.05, 0.1) is 10.6 Å². The lowest BCUT2D eigenvalue weighted by Gasteiger charge is -2.11. The Bertz CT molecular complexity index is 995. The van der Waals surface area contributed by atoms with Crippen molar-refractivity contribution in [2.45, 2.75) is 0 Å². The molecule has 0 spiro atoms. The third-order valence-corrected chi connectivity index (χ3v) is 3.54. The lowest BCUT2D eigenvalue weighted by atomic mass is 10.1. The van der Waals surface area contributed by atoms with Gasteiger partial charge >= 0.3 is 17.7 Å². The van der Waals surface area contributed by atoms with Crippen molar-refractivity contribution in [3.63, 3.8) is 0 Å². The standard InChI is InChI=1S/C15H9ClN4O5/c16-13-12(20(23)24)14(18-7-17-13)25-11-6-5-10(19-15(21)22)8-3-1-2-4-9(8)11/h1-7,19H,(H,21,22). The molecule has 0 aliphatic rings. The summed E-state index contributed by atoms with van der Waals surface area (Å²) in [6.07, 6.45) is -0.162. The molecule has 9 nitrogen and oxygen atoms in total. The summed E-state index contributed by atoms with van der Waals surface area (Å²) in [6.45, 7) is 0. The van der Waals surface area contributed by atoms with Gasteiger partial charge in [-0.1, -0.05) is 35.9 Å². The Hall–Kier alpha value is -3.46. The zero-order valence-electron chi connectivity index (χ0n) is 12.3. The first-order valence-electron chi connectivity index (χ1n) is 6.82. The number of hydrogen-bond donors (Lipinski definition) is 2. The molecule has 1 amide bonds. The van der Waals surface area contributed by atoms with Crippen LogP contribution in [0.1, 0.15) is 0 Å². The number of nitrogens with one attached hydrogen (secondary N) is 1. The van der Waals surface area contributed by atoms with Crippen LogP contribution in [-0.4, -0.2) is 26.1 Å². The molecule has 0 aliphatic heterocycles. The molecule has 0 bridgehead atoms. The number of benzene rings is 2. The van der Waals surface area contributed by atoms with Gasteiger partial charge < -0.3 is 9.84 Å². The van der Waals surface area contributed by atoms with E-state index >= 15 is 0 Å². The summed E-state index contributed by atoms with van der Waals surface area (Å²) in [4.78, 5) is 28.7. The van der Waals surface area contributed by atoms with Crippen LogP contribution in [0.25, 0.3) is 10.8 Å².